The lowest BCUT2D eigenvalue weighted by atomic mass is 10.1. The molecule has 5 heteroatoms. The quantitative estimate of drug-likeness (QED) is 0.564. The number of para-hydroxylation sites is 1. The van der Waals surface area contributed by atoms with Crippen LogP contribution in [0.5, 0.6) is 0 Å². The average molecular weight is 342 g/mol. The molecule has 0 radical (unpaired) electrons. The summed E-state index contributed by atoms with van der Waals surface area (Å²) in [5.41, 5.74) is 4.73. The summed E-state index contributed by atoms with van der Waals surface area (Å²) in [6.45, 7) is 3.75. The molecule has 2 aromatic heterocycles. The predicted molar refractivity (Wildman–Crippen MR) is 100 cm³/mol. The van der Waals surface area contributed by atoms with E-state index in [4.69, 9.17) is 0 Å². The van der Waals surface area contributed by atoms with Gasteiger partial charge in [-0.05, 0) is 32.0 Å². The molecule has 4 rings (SSSR count). The van der Waals surface area contributed by atoms with Gasteiger partial charge in [-0.15, -0.1) is 0 Å². The van der Waals surface area contributed by atoms with E-state index in [1.54, 1.807) is 10.9 Å². The van der Waals surface area contributed by atoms with Crippen molar-refractivity contribution in [2.24, 2.45) is 0 Å². The van der Waals surface area contributed by atoms with Gasteiger partial charge in [0.15, 0.2) is 0 Å². The number of carbonyl (C=O) groups excluding carboxylic acids is 1. The fraction of sp³-hybridized carbons (Fsp3) is 0.0952. The van der Waals surface area contributed by atoms with E-state index in [0.29, 0.717) is 5.56 Å². The van der Waals surface area contributed by atoms with E-state index in [-0.39, 0.29) is 5.91 Å². The Morgan fingerprint density at radius 1 is 0.923 bits per heavy atom. The highest BCUT2D eigenvalue weighted by Gasteiger charge is 2.22. The molecule has 2 aromatic carbocycles. The number of benzene rings is 2. The molecule has 0 spiro atoms. The highest BCUT2D eigenvalue weighted by molar-refractivity contribution is 6.01. The van der Waals surface area contributed by atoms with E-state index < -0.39 is 0 Å². The minimum atomic E-state index is -0.184. The topological polar surface area (TPSA) is 52.7 Å². The smallest absolute Gasteiger partial charge is 0.267 e. The average Bonchev–Trinajstić information content (AvgIpc) is 3.26. The number of rotatable bonds is 3. The SMILES string of the molecule is Cc1cc(C)n(C(=O)c2cnn(-c3ccccc3)c2-c2ccccc2)n1. The van der Waals surface area contributed by atoms with Crippen LogP contribution in [0.25, 0.3) is 16.9 Å². The lowest BCUT2D eigenvalue weighted by Gasteiger charge is -2.10. The van der Waals surface area contributed by atoms with Gasteiger partial charge in [-0.3, -0.25) is 4.79 Å². The molecule has 0 unspecified atom stereocenters. The van der Waals surface area contributed by atoms with Crippen molar-refractivity contribution in [1.29, 1.82) is 0 Å². The zero-order valence-electron chi connectivity index (χ0n) is 14.6. The molecular weight excluding hydrogens is 324 g/mol. The molecule has 0 atom stereocenters. The Hall–Kier alpha value is -3.47. The molecule has 0 aliphatic rings. The van der Waals surface area contributed by atoms with E-state index in [1.807, 2.05) is 80.6 Å². The van der Waals surface area contributed by atoms with Gasteiger partial charge in [0.2, 0.25) is 0 Å². The van der Waals surface area contributed by atoms with Crippen LogP contribution >= 0.6 is 0 Å². The molecule has 0 bridgehead atoms. The van der Waals surface area contributed by atoms with Crippen molar-refractivity contribution in [3.63, 3.8) is 0 Å². The van der Waals surface area contributed by atoms with Crippen molar-refractivity contribution in [1.82, 2.24) is 19.6 Å². The van der Waals surface area contributed by atoms with E-state index in [0.717, 1.165) is 28.3 Å². The summed E-state index contributed by atoms with van der Waals surface area (Å²) < 4.78 is 3.24. The van der Waals surface area contributed by atoms with Crippen LogP contribution in [0.2, 0.25) is 0 Å². The first-order valence-electron chi connectivity index (χ1n) is 8.42. The summed E-state index contributed by atoms with van der Waals surface area (Å²) in [7, 11) is 0. The molecule has 0 amide bonds. The second-order valence-corrected chi connectivity index (χ2v) is 6.16. The number of hydrogen-bond donors (Lipinski definition) is 0. The molecule has 0 N–H and O–H groups in total. The lowest BCUT2D eigenvalue weighted by Crippen LogP contribution is -2.16. The molecule has 2 heterocycles. The molecule has 0 saturated carbocycles. The molecule has 5 nitrogen and oxygen atoms in total. The summed E-state index contributed by atoms with van der Waals surface area (Å²) in [6.07, 6.45) is 1.62. The number of nitrogens with zero attached hydrogens (tertiary/aromatic N) is 4. The second kappa shape index (κ2) is 6.44. The van der Waals surface area contributed by atoms with Crippen molar-refractivity contribution >= 4 is 5.91 Å². The van der Waals surface area contributed by atoms with Crippen LogP contribution in [0.4, 0.5) is 0 Å². The molecule has 26 heavy (non-hydrogen) atoms. The minimum absolute atomic E-state index is 0.184. The normalized spacial score (nSPS) is 10.8. The first kappa shape index (κ1) is 16.0. The van der Waals surface area contributed by atoms with E-state index >= 15 is 0 Å². The molecule has 0 aliphatic heterocycles. The summed E-state index contributed by atoms with van der Waals surface area (Å²) >= 11 is 0. The Morgan fingerprint density at radius 3 is 2.19 bits per heavy atom. The van der Waals surface area contributed by atoms with Crippen LogP contribution in [-0.2, 0) is 0 Å². The fourth-order valence-corrected chi connectivity index (χ4v) is 3.09. The van der Waals surface area contributed by atoms with E-state index in [1.165, 1.54) is 4.68 Å². The minimum Gasteiger partial charge on any atom is -0.267 e. The summed E-state index contributed by atoms with van der Waals surface area (Å²) in [4.78, 5) is 13.2. The van der Waals surface area contributed by atoms with Crippen molar-refractivity contribution in [3.05, 3.63) is 89.9 Å². The second-order valence-electron chi connectivity index (χ2n) is 6.16. The largest absolute Gasteiger partial charge is 0.282 e. The third-order valence-electron chi connectivity index (χ3n) is 4.25. The lowest BCUT2D eigenvalue weighted by molar-refractivity contribution is 0.0943. The summed E-state index contributed by atoms with van der Waals surface area (Å²) in [5, 5.41) is 8.83. The van der Waals surface area contributed by atoms with Crippen LogP contribution < -0.4 is 0 Å². The van der Waals surface area contributed by atoms with Crippen molar-refractivity contribution in [2.45, 2.75) is 13.8 Å². The fourth-order valence-electron chi connectivity index (χ4n) is 3.09. The maximum absolute atomic E-state index is 13.2. The van der Waals surface area contributed by atoms with Crippen LogP contribution in [0.3, 0.4) is 0 Å². The molecule has 0 saturated heterocycles. The maximum Gasteiger partial charge on any atom is 0.282 e. The Labute approximate surface area is 151 Å². The number of carbonyl (C=O) groups is 1. The van der Waals surface area contributed by atoms with Crippen LogP contribution in [0.15, 0.2) is 72.9 Å². The van der Waals surface area contributed by atoms with Gasteiger partial charge in [0.1, 0.15) is 0 Å². The van der Waals surface area contributed by atoms with Crippen LogP contribution in [0.1, 0.15) is 21.7 Å². The van der Waals surface area contributed by atoms with Gasteiger partial charge in [-0.25, -0.2) is 9.36 Å². The van der Waals surface area contributed by atoms with Crippen LogP contribution in [-0.4, -0.2) is 25.5 Å². The number of aryl methyl sites for hydroxylation is 2. The van der Waals surface area contributed by atoms with Crippen molar-refractivity contribution < 1.29 is 4.79 Å². The van der Waals surface area contributed by atoms with Crippen molar-refractivity contribution in [3.8, 4) is 16.9 Å². The first-order valence-corrected chi connectivity index (χ1v) is 8.42. The van der Waals surface area contributed by atoms with Gasteiger partial charge in [0.25, 0.3) is 5.91 Å². The van der Waals surface area contributed by atoms with Gasteiger partial charge >= 0.3 is 0 Å². The monoisotopic (exact) mass is 342 g/mol. The van der Waals surface area contributed by atoms with Gasteiger partial charge in [0, 0.05) is 11.3 Å². The highest BCUT2D eigenvalue weighted by atomic mass is 16.2. The zero-order chi connectivity index (χ0) is 18.1. The van der Waals surface area contributed by atoms with Gasteiger partial charge in [-0.2, -0.15) is 10.2 Å². The van der Waals surface area contributed by atoms with Crippen molar-refractivity contribution in [2.75, 3.05) is 0 Å². The van der Waals surface area contributed by atoms with E-state index in [2.05, 4.69) is 10.2 Å². The van der Waals surface area contributed by atoms with Gasteiger partial charge < -0.3 is 0 Å². The predicted octanol–water partition coefficient (Wildman–Crippen LogP) is 4.04. The maximum atomic E-state index is 13.2. The first-order chi connectivity index (χ1) is 12.6. The third-order valence-corrected chi connectivity index (χ3v) is 4.25. The number of hydrogen-bond acceptors (Lipinski definition) is 3. The number of aromatic nitrogens is 4. The summed E-state index contributed by atoms with van der Waals surface area (Å²) in [6, 6.07) is 21.5. The third kappa shape index (κ3) is 2.73. The Bertz CT molecular complexity index is 1060. The Kier molecular flexibility index (Phi) is 3.97. The van der Waals surface area contributed by atoms with Gasteiger partial charge in [0.05, 0.1) is 28.8 Å². The standard InChI is InChI=1S/C21H18N4O/c1-15-13-16(2)24(23-15)21(26)19-14-22-25(18-11-7-4-8-12-18)20(19)17-9-5-3-6-10-17/h3-14H,1-2H3. The molecule has 0 fully saturated rings. The zero-order valence-corrected chi connectivity index (χ0v) is 14.6. The summed E-state index contributed by atoms with van der Waals surface area (Å²) in [5.74, 6) is -0.184. The Morgan fingerprint density at radius 2 is 1.58 bits per heavy atom. The molecule has 4 aromatic rings. The molecule has 0 aliphatic carbocycles. The van der Waals surface area contributed by atoms with Crippen LogP contribution in [0, 0.1) is 13.8 Å². The highest BCUT2D eigenvalue weighted by Crippen LogP contribution is 2.27. The van der Waals surface area contributed by atoms with E-state index in [9.17, 15) is 4.79 Å². The molecular formula is C21H18N4O. The Balaban J connectivity index is 1.92. The molecule has 128 valence electrons. The van der Waals surface area contributed by atoms with Gasteiger partial charge in [-0.1, -0.05) is 48.5 Å².